The zero-order valence-corrected chi connectivity index (χ0v) is 12.4. The molecule has 0 atom stereocenters. The molecule has 0 heterocycles. The minimum atomic E-state index is -0.399. The van der Waals surface area contributed by atoms with Gasteiger partial charge in [-0.3, -0.25) is 9.59 Å². The van der Waals surface area contributed by atoms with Crippen molar-refractivity contribution < 1.29 is 14.0 Å². The second kappa shape index (κ2) is 7.56. The van der Waals surface area contributed by atoms with E-state index in [2.05, 4.69) is 10.6 Å². The summed E-state index contributed by atoms with van der Waals surface area (Å²) in [7, 11) is 0. The maximum Gasteiger partial charge on any atom is 0.252 e. The van der Waals surface area contributed by atoms with E-state index < -0.39 is 5.82 Å². The van der Waals surface area contributed by atoms with Crippen LogP contribution < -0.4 is 10.6 Å². The van der Waals surface area contributed by atoms with Crippen LogP contribution in [0.1, 0.15) is 20.7 Å². The van der Waals surface area contributed by atoms with Crippen molar-refractivity contribution in [1.29, 1.82) is 0 Å². The molecule has 114 valence electrons. The molecule has 2 rings (SSSR count). The summed E-state index contributed by atoms with van der Waals surface area (Å²) in [5.41, 5.74) is 0.743. The first-order valence-electron chi connectivity index (χ1n) is 6.64. The number of carbonyl (C=O) groups is 2. The molecule has 2 aromatic carbocycles. The van der Waals surface area contributed by atoms with E-state index in [0.717, 1.165) is 0 Å². The number of benzene rings is 2. The Hall–Kier alpha value is -2.40. The van der Waals surface area contributed by atoms with E-state index in [0.29, 0.717) is 16.1 Å². The average molecular weight is 321 g/mol. The highest BCUT2D eigenvalue weighted by Gasteiger charge is 2.09. The molecule has 22 heavy (non-hydrogen) atoms. The summed E-state index contributed by atoms with van der Waals surface area (Å²) in [4.78, 5) is 23.6. The van der Waals surface area contributed by atoms with E-state index in [4.69, 9.17) is 11.6 Å². The molecule has 0 aromatic heterocycles. The van der Waals surface area contributed by atoms with Crippen LogP contribution in [0.5, 0.6) is 0 Å². The molecule has 0 aliphatic rings. The van der Waals surface area contributed by atoms with Crippen LogP contribution in [0.25, 0.3) is 0 Å². The number of halogens is 2. The summed E-state index contributed by atoms with van der Waals surface area (Å²) >= 11 is 5.91. The summed E-state index contributed by atoms with van der Waals surface area (Å²) in [5, 5.41) is 5.66. The quantitative estimate of drug-likeness (QED) is 0.832. The maximum atomic E-state index is 12.7. The lowest BCUT2D eigenvalue weighted by molar-refractivity contribution is 0.0927. The Kier molecular flexibility index (Phi) is 5.49. The SMILES string of the molecule is O=C(NCCNC(=O)c1ccccc1Cl)c1ccc(F)cc1. The van der Waals surface area contributed by atoms with E-state index in [1.165, 1.54) is 24.3 Å². The molecule has 0 saturated carbocycles. The van der Waals surface area contributed by atoms with Gasteiger partial charge in [-0.15, -0.1) is 0 Å². The minimum absolute atomic E-state index is 0.256. The standard InChI is InChI=1S/C16H14ClFN2O2/c17-14-4-2-1-3-13(14)16(22)20-10-9-19-15(21)11-5-7-12(18)8-6-11/h1-8H,9-10H2,(H,19,21)(H,20,22). The number of nitrogens with one attached hydrogen (secondary N) is 2. The topological polar surface area (TPSA) is 58.2 Å². The second-order valence-corrected chi connectivity index (χ2v) is 4.91. The van der Waals surface area contributed by atoms with Crippen LogP contribution in [-0.2, 0) is 0 Å². The second-order valence-electron chi connectivity index (χ2n) is 4.50. The Bertz CT molecular complexity index is 674. The first kappa shape index (κ1) is 16.0. The normalized spacial score (nSPS) is 10.1. The zero-order chi connectivity index (χ0) is 15.9. The zero-order valence-electron chi connectivity index (χ0n) is 11.6. The number of hydrogen-bond donors (Lipinski definition) is 2. The summed E-state index contributed by atoms with van der Waals surface area (Å²) in [6, 6.07) is 11.9. The van der Waals surface area contributed by atoms with E-state index in [1.54, 1.807) is 24.3 Å². The predicted molar refractivity (Wildman–Crippen MR) is 82.5 cm³/mol. The lowest BCUT2D eigenvalue weighted by Crippen LogP contribution is -2.34. The highest BCUT2D eigenvalue weighted by atomic mass is 35.5. The molecule has 2 N–H and O–H groups in total. The molecule has 0 unspecified atom stereocenters. The molecule has 0 fully saturated rings. The van der Waals surface area contributed by atoms with Crippen LogP contribution in [0.3, 0.4) is 0 Å². The van der Waals surface area contributed by atoms with Crippen molar-refractivity contribution in [3.8, 4) is 0 Å². The number of hydrogen-bond acceptors (Lipinski definition) is 2. The third-order valence-electron chi connectivity index (χ3n) is 2.92. The number of rotatable bonds is 5. The van der Waals surface area contributed by atoms with Gasteiger partial charge in [0.25, 0.3) is 11.8 Å². The van der Waals surface area contributed by atoms with Gasteiger partial charge in [-0.2, -0.15) is 0 Å². The molecule has 0 aliphatic heterocycles. The third kappa shape index (κ3) is 4.30. The van der Waals surface area contributed by atoms with Gasteiger partial charge < -0.3 is 10.6 Å². The Morgan fingerprint density at radius 1 is 0.909 bits per heavy atom. The molecule has 4 nitrogen and oxygen atoms in total. The van der Waals surface area contributed by atoms with Crippen molar-refractivity contribution in [2.45, 2.75) is 0 Å². The van der Waals surface area contributed by atoms with Crippen molar-refractivity contribution in [2.24, 2.45) is 0 Å². The van der Waals surface area contributed by atoms with Crippen LogP contribution in [0.2, 0.25) is 5.02 Å². The Morgan fingerprint density at radius 3 is 2.14 bits per heavy atom. The van der Waals surface area contributed by atoms with E-state index >= 15 is 0 Å². The molecular weight excluding hydrogens is 307 g/mol. The first-order valence-corrected chi connectivity index (χ1v) is 7.02. The van der Waals surface area contributed by atoms with Crippen LogP contribution in [0.15, 0.2) is 48.5 Å². The van der Waals surface area contributed by atoms with Crippen molar-refractivity contribution >= 4 is 23.4 Å². The van der Waals surface area contributed by atoms with Gasteiger partial charge in [0.2, 0.25) is 0 Å². The van der Waals surface area contributed by atoms with Gasteiger partial charge in [-0.25, -0.2) is 4.39 Å². The molecule has 6 heteroatoms. The van der Waals surface area contributed by atoms with Gasteiger partial charge >= 0.3 is 0 Å². The largest absolute Gasteiger partial charge is 0.350 e. The fraction of sp³-hybridized carbons (Fsp3) is 0.125. The molecule has 0 radical (unpaired) electrons. The predicted octanol–water partition coefficient (Wildman–Crippen LogP) is 2.64. The summed E-state index contributed by atoms with van der Waals surface area (Å²) in [6.45, 7) is 0.517. The van der Waals surface area contributed by atoms with Crippen LogP contribution in [0, 0.1) is 5.82 Å². The van der Waals surface area contributed by atoms with Gasteiger partial charge in [0, 0.05) is 18.7 Å². The molecule has 0 aliphatic carbocycles. The molecule has 0 spiro atoms. The highest BCUT2D eigenvalue weighted by molar-refractivity contribution is 6.33. The summed E-state index contributed by atoms with van der Waals surface area (Å²) in [6.07, 6.45) is 0. The average Bonchev–Trinajstić information content (AvgIpc) is 2.52. The molecule has 0 bridgehead atoms. The lowest BCUT2D eigenvalue weighted by Gasteiger charge is -2.08. The van der Waals surface area contributed by atoms with E-state index in [1.807, 2.05) is 0 Å². The fourth-order valence-electron chi connectivity index (χ4n) is 1.80. The monoisotopic (exact) mass is 320 g/mol. The maximum absolute atomic E-state index is 12.7. The molecular formula is C16H14ClFN2O2. The van der Waals surface area contributed by atoms with Gasteiger partial charge in [0.05, 0.1) is 10.6 Å². The van der Waals surface area contributed by atoms with Gasteiger partial charge in [0.1, 0.15) is 5.82 Å². The first-order chi connectivity index (χ1) is 10.6. The van der Waals surface area contributed by atoms with Crippen LogP contribution in [0.4, 0.5) is 4.39 Å². The van der Waals surface area contributed by atoms with E-state index in [-0.39, 0.29) is 24.9 Å². The number of carbonyl (C=O) groups excluding carboxylic acids is 2. The van der Waals surface area contributed by atoms with Crippen LogP contribution >= 0.6 is 11.6 Å². The van der Waals surface area contributed by atoms with Gasteiger partial charge in [-0.05, 0) is 36.4 Å². The van der Waals surface area contributed by atoms with Gasteiger partial charge in [-0.1, -0.05) is 23.7 Å². The lowest BCUT2D eigenvalue weighted by atomic mass is 10.2. The van der Waals surface area contributed by atoms with Gasteiger partial charge in [0.15, 0.2) is 0 Å². The van der Waals surface area contributed by atoms with Crippen molar-refractivity contribution in [3.05, 3.63) is 70.5 Å². The minimum Gasteiger partial charge on any atom is -0.350 e. The smallest absolute Gasteiger partial charge is 0.252 e. The fourth-order valence-corrected chi connectivity index (χ4v) is 2.02. The third-order valence-corrected chi connectivity index (χ3v) is 3.25. The summed E-state index contributed by atoms with van der Waals surface area (Å²) in [5.74, 6) is -1.03. The van der Waals surface area contributed by atoms with Crippen LogP contribution in [-0.4, -0.2) is 24.9 Å². The molecule has 0 saturated heterocycles. The van der Waals surface area contributed by atoms with Crippen molar-refractivity contribution in [2.75, 3.05) is 13.1 Å². The van der Waals surface area contributed by atoms with Crippen molar-refractivity contribution in [1.82, 2.24) is 10.6 Å². The molecule has 2 aromatic rings. The Balaban J connectivity index is 1.77. The summed E-state index contributed by atoms with van der Waals surface area (Å²) < 4.78 is 12.7. The van der Waals surface area contributed by atoms with Crippen molar-refractivity contribution in [3.63, 3.8) is 0 Å². The highest BCUT2D eigenvalue weighted by Crippen LogP contribution is 2.14. The Labute approximate surface area is 132 Å². The number of amides is 2. The Morgan fingerprint density at radius 2 is 1.50 bits per heavy atom. The van der Waals surface area contributed by atoms with E-state index in [9.17, 15) is 14.0 Å². The molecule has 2 amide bonds.